The molecular weight excluding hydrogens is 384 g/mol. The van der Waals surface area contributed by atoms with Crippen LogP contribution >= 0.6 is 0 Å². The average Bonchev–Trinajstić information content (AvgIpc) is 2.69. The molecule has 8 heteroatoms. The molecule has 1 saturated heterocycles. The third kappa shape index (κ3) is 7.57. The van der Waals surface area contributed by atoms with Crippen molar-refractivity contribution < 1.29 is 19.1 Å². The van der Waals surface area contributed by atoms with E-state index < -0.39 is 0 Å². The van der Waals surface area contributed by atoms with Gasteiger partial charge >= 0.3 is 0 Å². The number of pyridine rings is 1. The van der Waals surface area contributed by atoms with Gasteiger partial charge in [0.05, 0.1) is 23.8 Å². The second-order valence-electron chi connectivity index (χ2n) is 8.86. The lowest BCUT2D eigenvalue weighted by Gasteiger charge is -2.37. The van der Waals surface area contributed by atoms with Crippen LogP contribution in [0.3, 0.4) is 0 Å². The van der Waals surface area contributed by atoms with Gasteiger partial charge in [-0.3, -0.25) is 14.5 Å². The molecule has 1 fully saturated rings. The van der Waals surface area contributed by atoms with E-state index in [1.165, 1.54) is 0 Å². The summed E-state index contributed by atoms with van der Waals surface area (Å²) >= 11 is 0. The molecule has 1 unspecified atom stereocenters. The molecule has 8 nitrogen and oxygen atoms in total. The molecule has 1 aliphatic rings. The van der Waals surface area contributed by atoms with E-state index >= 15 is 0 Å². The third-order valence-corrected chi connectivity index (χ3v) is 4.81. The number of aromatic nitrogens is 1. The highest BCUT2D eigenvalue weighted by Gasteiger charge is 2.28. The summed E-state index contributed by atoms with van der Waals surface area (Å²) in [6, 6.07) is 3.36. The van der Waals surface area contributed by atoms with Crippen LogP contribution in [0.15, 0.2) is 18.3 Å². The molecule has 1 aliphatic heterocycles. The van der Waals surface area contributed by atoms with E-state index in [0.29, 0.717) is 50.8 Å². The Labute approximate surface area is 179 Å². The normalized spacial score (nSPS) is 16.4. The van der Waals surface area contributed by atoms with Gasteiger partial charge in [-0.25, -0.2) is 4.98 Å². The van der Waals surface area contributed by atoms with Crippen LogP contribution in [0, 0.1) is 0 Å². The monoisotopic (exact) mass is 420 g/mol. The Morgan fingerprint density at radius 3 is 2.30 bits per heavy atom. The number of carbonyl (C=O) groups excluding carboxylic acids is 2. The predicted molar refractivity (Wildman–Crippen MR) is 116 cm³/mol. The van der Waals surface area contributed by atoms with Crippen LogP contribution in [-0.4, -0.2) is 83.7 Å². The van der Waals surface area contributed by atoms with E-state index in [9.17, 15) is 9.59 Å². The van der Waals surface area contributed by atoms with E-state index in [-0.39, 0.29) is 29.5 Å². The van der Waals surface area contributed by atoms with Crippen molar-refractivity contribution in [3.05, 3.63) is 23.9 Å². The van der Waals surface area contributed by atoms with Crippen LogP contribution in [0.5, 0.6) is 5.88 Å². The van der Waals surface area contributed by atoms with Crippen LogP contribution in [-0.2, 0) is 9.53 Å². The van der Waals surface area contributed by atoms with Gasteiger partial charge in [0.15, 0.2) is 0 Å². The summed E-state index contributed by atoms with van der Waals surface area (Å²) < 4.78 is 11.2. The number of ether oxygens (including phenoxy) is 2. The fourth-order valence-electron chi connectivity index (χ4n) is 3.15. The lowest BCUT2D eigenvalue weighted by atomic mass is 10.2. The molecule has 168 valence electrons. The zero-order valence-corrected chi connectivity index (χ0v) is 19.1. The summed E-state index contributed by atoms with van der Waals surface area (Å²) in [7, 11) is 0. The minimum Gasteiger partial charge on any atom is -0.475 e. The maximum absolute atomic E-state index is 12.8. The van der Waals surface area contributed by atoms with Gasteiger partial charge in [-0.1, -0.05) is 0 Å². The number of rotatable bonds is 8. The van der Waals surface area contributed by atoms with E-state index in [1.54, 1.807) is 23.2 Å². The molecule has 1 aromatic rings. The lowest BCUT2D eigenvalue weighted by Crippen LogP contribution is -2.55. The Balaban J connectivity index is 1.80. The second-order valence-corrected chi connectivity index (χ2v) is 8.86. The summed E-state index contributed by atoms with van der Waals surface area (Å²) in [6.07, 6.45) is 1.55. The first-order chi connectivity index (χ1) is 14.1. The van der Waals surface area contributed by atoms with Crippen LogP contribution in [0.4, 0.5) is 0 Å². The van der Waals surface area contributed by atoms with Crippen molar-refractivity contribution in [2.75, 3.05) is 39.4 Å². The second kappa shape index (κ2) is 10.7. The molecule has 0 aliphatic carbocycles. The Hall–Kier alpha value is -2.19. The van der Waals surface area contributed by atoms with Crippen molar-refractivity contribution in [2.45, 2.75) is 59.2 Å². The molecule has 2 amide bonds. The highest BCUT2D eigenvalue weighted by atomic mass is 16.5. The maximum Gasteiger partial charge on any atom is 0.255 e. The average molecular weight is 421 g/mol. The standard InChI is InChI=1S/C22H36N4O4/c1-16(2)24-20(27)17(3)25-9-11-26(12-10-25)21(28)18-7-8-19(23-15-18)29-13-14-30-22(4,5)6/h7-8,15-17H,9-14H2,1-6H3,(H,24,27). The predicted octanol–water partition coefficient (Wildman–Crippen LogP) is 1.95. The molecule has 0 aromatic carbocycles. The van der Waals surface area contributed by atoms with Gasteiger partial charge in [-0.05, 0) is 47.6 Å². The summed E-state index contributed by atoms with van der Waals surface area (Å²) in [5.74, 6) is 0.445. The quantitative estimate of drug-likeness (QED) is 0.647. The zero-order valence-electron chi connectivity index (χ0n) is 19.1. The lowest BCUT2D eigenvalue weighted by molar-refractivity contribution is -0.126. The Bertz CT molecular complexity index is 692. The van der Waals surface area contributed by atoms with Crippen LogP contribution in [0.25, 0.3) is 0 Å². The van der Waals surface area contributed by atoms with Crippen molar-refractivity contribution in [2.24, 2.45) is 0 Å². The molecule has 30 heavy (non-hydrogen) atoms. The first-order valence-electron chi connectivity index (χ1n) is 10.6. The minimum atomic E-state index is -0.204. The molecule has 1 atom stereocenters. The number of amides is 2. The van der Waals surface area contributed by atoms with E-state index in [0.717, 1.165) is 0 Å². The molecule has 0 radical (unpaired) electrons. The van der Waals surface area contributed by atoms with Crippen molar-refractivity contribution in [3.8, 4) is 5.88 Å². The fraction of sp³-hybridized carbons (Fsp3) is 0.682. The summed E-state index contributed by atoms with van der Waals surface area (Å²) in [5.41, 5.74) is 0.333. The molecular formula is C22H36N4O4. The molecule has 1 aromatic heterocycles. The molecule has 2 rings (SSSR count). The smallest absolute Gasteiger partial charge is 0.255 e. The number of nitrogens with zero attached hydrogens (tertiary/aromatic N) is 3. The first kappa shape index (κ1) is 24.1. The number of carbonyl (C=O) groups is 2. The Kier molecular flexibility index (Phi) is 8.61. The summed E-state index contributed by atoms with van der Waals surface area (Å²) in [6.45, 7) is 15.2. The topological polar surface area (TPSA) is 84.0 Å². The third-order valence-electron chi connectivity index (χ3n) is 4.81. The molecule has 2 heterocycles. The largest absolute Gasteiger partial charge is 0.475 e. The first-order valence-corrected chi connectivity index (χ1v) is 10.6. The molecule has 0 bridgehead atoms. The van der Waals surface area contributed by atoms with E-state index in [1.807, 2.05) is 41.5 Å². The zero-order chi connectivity index (χ0) is 22.3. The van der Waals surface area contributed by atoms with Gasteiger partial charge < -0.3 is 19.7 Å². The number of nitrogens with one attached hydrogen (secondary N) is 1. The summed E-state index contributed by atoms with van der Waals surface area (Å²) in [4.78, 5) is 33.1. The van der Waals surface area contributed by atoms with Gasteiger partial charge in [0.1, 0.15) is 6.61 Å². The van der Waals surface area contributed by atoms with Crippen molar-refractivity contribution in [1.82, 2.24) is 20.1 Å². The van der Waals surface area contributed by atoms with E-state index in [2.05, 4.69) is 15.2 Å². The van der Waals surface area contributed by atoms with Crippen LogP contribution in [0.1, 0.15) is 51.9 Å². The summed E-state index contributed by atoms with van der Waals surface area (Å²) in [5, 5.41) is 2.94. The molecule has 0 saturated carbocycles. The number of hydrogen-bond donors (Lipinski definition) is 1. The Morgan fingerprint density at radius 1 is 1.10 bits per heavy atom. The van der Waals surface area contributed by atoms with Crippen molar-refractivity contribution in [3.63, 3.8) is 0 Å². The van der Waals surface area contributed by atoms with Crippen LogP contribution < -0.4 is 10.1 Å². The number of hydrogen-bond acceptors (Lipinski definition) is 6. The van der Waals surface area contributed by atoms with Gasteiger partial charge in [0, 0.05) is 44.5 Å². The molecule has 1 N–H and O–H groups in total. The van der Waals surface area contributed by atoms with Crippen molar-refractivity contribution in [1.29, 1.82) is 0 Å². The maximum atomic E-state index is 12.8. The minimum absolute atomic E-state index is 0.0254. The Morgan fingerprint density at radius 2 is 1.77 bits per heavy atom. The van der Waals surface area contributed by atoms with Gasteiger partial charge in [0.2, 0.25) is 11.8 Å². The SMILES string of the molecule is CC(C)NC(=O)C(C)N1CCN(C(=O)c2ccc(OCCOC(C)(C)C)nc2)CC1. The van der Waals surface area contributed by atoms with Gasteiger partial charge in [0.25, 0.3) is 5.91 Å². The van der Waals surface area contributed by atoms with E-state index in [4.69, 9.17) is 9.47 Å². The fourth-order valence-corrected chi connectivity index (χ4v) is 3.15. The van der Waals surface area contributed by atoms with Crippen molar-refractivity contribution >= 4 is 11.8 Å². The molecule has 0 spiro atoms. The van der Waals surface area contributed by atoms with Gasteiger partial charge in [-0.15, -0.1) is 0 Å². The van der Waals surface area contributed by atoms with Crippen LogP contribution in [0.2, 0.25) is 0 Å². The van der Waals surface area contributed by atoms with Gasteiger partial charge in [-0.2, -0.15) is 0 Å². The highest BCUT2D eigenvalue weighted by Crippen LogP contribution is 2.14. The number of piperazine rings is 1. The highest BCUT2D eigenvalue weighted by molar-refractivity contribution is 5.94.